The van der Waals surface area contributed by atoms with Gasteiger partial charge in [-0.15, -0.1) is 0 Å². The monoisotopic (exact) mass is 196 g/mol. The minimum atomic E-state index is -1.36. The number of rotatable bonds is 7. The first-order valence-corrected chi connectivity index (χ1v) is 3.97. The zero-order valence-corrected chi connectivity index (χ0v) is 7.20. The second kappa shape index (κ2) is 7.19. The molecule has 5 N–H and O–H groups in total. The Hall–Kier alpha value is -0.240. The van der Waals surface area contributed by atoms with Gasteiger partial charge in [0.15, 0.2) is 0 Å². The smallest absolute Gasteiger partial charge is 0.110 e. The molecule has 0 aromatic rings. The predicted octanol–water partition coefficient (Wildman–Crippen LogP) is -2.93. The van der Waals surface area contributed by atoms with Crippen molar-refractivity contribution in [2.75, 3.05) is 26.4 Å². The minimum absolute atomic E-state index is 0.0412. The highest BCUT2D eigenvalue weighted by Crippen LogP contribution is 2.03. The summed E-state index contributed by atoms with van der Waals surface area (Å²) in [5.41, 5.74) is 0. The van der Waals surface area contributed by atoms with Gasteiger partial charge in [0.1, 0.15) is 18.3 Å². The van der Waals surface area contributed by atoms with Gasteiger partial charge in [-0.3, -0.25) is 0 Å². The van der Waals surface area contributed by atoms with Gasteiger partial charge >= 0.3 is 0 Å². The van der Waals surface area contributed by atoms with Crippen LogP contribution in [-0.2, 0) is 4.74 Å². The van der Waals surface area contributed by atoms with Crippen LogP contribution in [-0.4, -0.2) is 70.3 Å². The van der Waals surface area contributed by atoms with Gasteiger partial charge in [-0.2, -0.15) is 0 Å². The molecule has 0 amide bonds. The lowest BCUT2D eigenvalue weighted by atomic mass is 10.1. The summed E-state index contributed by atoms with van der Waals surface area (Å²) >= 11 is 0. The molecule has 0 spiro atoms. The SMILES string of the molecule is OCCOC(CO)C(O)C(O)CO. The van der Waals surface area contributed by atoms with E-state index in [1.165, 1.54) is 0 Å². The molecule has 0 heterocycles. The largest absolute Gasteiger partial charge is 0.394 e. The van der Waals surface area contributed by atoms with Crippen molar-refractivity contribution in [3.05, 3.63) is 0 Å². The summed E-state index contributed by atoms with van der Waals surface area (Å²) in [5, 5.41) is 43.8. The molecule has 0 aliphatic heterocycles. The molecule has 0 aliphatic carbocycles. The van der Waals surface area contributed by atoms with Crippen molar-refractivity contribution in [1.82, 2.24) is 0 Å². The van der Waals surface area contributed by atoms with Crippen LogP contribution >= 0.6 is 0 Å². The maximum atomic E-state index is 9.23. The van der Waals surface area contributed by atoms with Crippen LogP contribution in [0.15, 0.2) is 0 Å². The molecule has 0 saturated carbocycles. The molecule has 0 aromatic carbocycles. The van der Waals surface area contributed by atoms with Gasteiger partial charge < -0.3 is 30.3 Å². The summed E-state index contributed by atoms with van der Waals surface area (Å²) in [6, 6.07) is 0. The fourth-order valence-electron chi connectivity index (χ4n) is 0.819. The van der Waals surface area contributed by atoms with E-state index in [4.69, 9.17) is 25.2 Å². The van der Waals surface area contributed by atoms with E-state index in [1.807, 2.05) is 0 Å². The molecule has 0 fully saturated rings. The molecule has 13 heavy (non-hydrogen) atoms. The average Bonchev–Trinajstić information content (AvgIpc) is 2.17. The lowest BCUT2D eigenvalue weighted by molar-refractivity contribution is -0.120. The summed E-state index contributed by atoms with van der Waals surface area (Å²) in [7, 11) is 0. The third-order valence-electron chi connectivity index (χ3n) is 1.57. The molecular formula is C7H16O6. The van der Waals surface area contributed by atoms with Crippen LogP contribution in [0.25, 0.3) is 0 Å². The third kappa shape index (κ3) is 4.51. The highest BCUT2D eigenvalue weighted by Gasteiger charge is 2.25. The molecule has 6 nitrogen and oxygen atoms in total. The van der Waals surface area contributed by atoms with Crippen molar-refractivity contribution < 1.29 is 30.3 Å². The van der Waals surface area contributed by atoms with Crippen LogP contribution in [0.2, 0.25) is 0 Å². The molecule has 0 saturated heterocycles. The average molecular weight is 196 g/mol. The van der Waals surface area contributed by atoms with E-state index in [-0.39, 0.29) is 13.2 Å². The Morgan fingerprint density at radius 1 is 1.00 bits per heavy atom. The Morgan fingerprint density at radius 2 is 1.62 bits per heavy atom. The van der Waals surface area contributed by atoms with Crippen molar-refractivity contribution >= 4 is 0 Å². The van der Waals surface area contributed by atoms with E-state index in [2.05, 4.69) is 0 Å². The van der Waals surface area contributed by atoms with Crippen molar-refractivity contribution in [3.63, 3.8) is 0 Å². The Labute approximate surface area is 76.0 Å². The van der Waals surface area contributed by atoms with Crippen molar-refractivity contribution in [3.8, 4) is 0 Å². The van der Waals surface area contributed by atoms with E-state index in [9.17, 15) is 5.11 Å². The Balaban J connectivity index is 3.90. The summed E-state index contributed by atoms with van der Waals surface area (Å²) < 4.78 is 4.80. The molecule has 0 aromatic heterocycles. The standard InChI is InChI=1S/C7H16O6/c8-1-2-13-6(4-10)7(12)5(11)3-9/h5-12H,1-4H2. The summed E-state index contributed by atoms with van der Waals surface area (Å²) in [5.74, 6) is 0. The molecule has 0 rings (SSSR count). The molecule has 0 radical (unpaired) electrons. The van der Waals surface area contributed by atoms with Crippen LogP contribution in [0.1, 0.15) is 0 Å². The van der Waals surface area contributed by atoms with Crippen LogP contribution in [0.5, 0.6) is 0 Å². The summed E-state index contributed by atoms with van der Waals surface area (Å²) in [4.78, 5) is 0. The lowest BCUT2D eigenvalue weighted by Crippen LogP contribution is -2.43. The first-order chi connectivity index (χ1) is 6.17. The molecule has 6 heteroatoms. The van der Waals surface area contributed by atoms with E-state index < -0.39 is 31.5 Å². The van der Waals surface area contributed by atoms with Gasteiger partial charge in [0.05, 0.1) is 26.4 Å². The van der Waals surface area contributed by atoms with E-state index in [0.717, 1.165) is 0 Å². The van der Waals surface area contributed by atoms with E-state index >= 15 is 0 Å². The number of hydrogen-bond acceptors (Lipinski definition) is 6. The fraction of sp³-hybridized carbons (Fsp3) is 1.00. The number of aliphatic hydroxyl groups excluding tert-OH is 5. The highest BCUT2D eigenvalue weighted by molar-refractivity contribution is 4.75. The Bertz CT molecular complexity index is 120. The highest BCUT2D eigenvalue weighted by atomic mass is 16.5. The molecule has 3 atom stereocenters. The molecule has 3 unspecified atom stereocenters. The van der Waals surface area contributed by atoms with Crippen LogP contribution in [0, 0.1) is 0 Å². The van der Waals surface area contributed by atoms with Crippen LogP contribution in [0.3, 0.4) is 0 Å². The van der Waals surface area contributed by atoms with Crippen molar-refractivity contribution in [1.29, 1.82) is 0 Å². The molecule has 0 bridgehead atoms. The second-order valence-corrected chi connectivity index (χ2v) is 2.56. The zero-order chi connectivity index (χ0) is 10.3. The maximum absolute atomic E-state index is 9.23. The fourth-order valence-corrected chi connectivity index (χ4v) is 0.819. The molecular weight excluding hydrogens is 180 g/mol. The zero-order valence-electron chi connectivity index (χ0n) is 7.20. The van der Waals surface area contributed by atoms with E-state index in [1.54, 1.807) is 0 Å². The first kappa shape index (κ1) is 12.8. The van der Waals surface area contributed by atoms with E-state index in [0.29, 0.717) is 0 Å². The number of aliphatic hydroxyl groups is 5. The third-order valence-corrected chi connectivity index (χ3v) is 1.57. The lowest BCUT2D eigenvalue weighted by Gasteiger charge is -2.24. The second-order valence-electron chi connectivity index (χ2n) is 2.56. The quantitative estimate of drug-likeness (QED) is 0.298. The normalized spacial score (nSPS) is 18.2. The van der Waals surface area contributed by atoms with Gasteiger partial charge in [0.2, 0.25) is 0 Å². The van der Waals surface area contributed by atoms with Gasteiger partial charge in [-0.05, 0) is 0 Å². The topological polar surface area (TPSA) is 110 Å². The number of ether oxygens (including phenoxy) is 1. The predicted molar refractivity (Wildman–Crippen MR) is 43.0 cm³/mol. The van der Waals surface area contributed by atoms with Gasteiger partial charge in [0, 0.05) is 0 Å². The van der Waals surface area contributed by atoms with Crippen LogP contribution < -0.4 is 0 Å². The molecule has 80 valence electrons. The van der Waals surface area contributed by atoms with Crippen LogP contribution in [0.4, 0.5) is 0 Å². The first-order valence-electron chi connectivity index (χ1n) is 3.97. The van der Waals surface area contributed by atoms with Crippen molar-refractivity contribution in [2.45, 2.75) is 18.3 Å². The van der Waals surface area contributed by atoms with Crippen molar-refractivity contribution in [2.24, 2.45) is 0 Å². The molecule has 0 aliphatic rings. The minimum Gasteiger partial charge on any atom is -0.394 e. The van der Waals surface area contributed by atoms with Gasteiger partial charge in [0.25, 0.3) is 0 Å². The maximum Gasteiger partial charge on any atom is 0.110 e. The Morgan fingerprint density at radius 3 is 2.00 bits per heavy atom. The Kier molecular flexibility index (Phi) is 7.06. The van der Waals surface area contributed by atoms with Gasteiger partial charge in [-0.1, -0.05) is 0 Å². The van der Waals surface area contributed by atoms with Gasteiger partial charge in [-0.25, -0.2) is 0 Å². The summed E-state index contributed by atoms with van der Waals surface area (Å²) in [6.45, 7) is -1.38. The summed E-state index contributed by atoms with van der Waals surface area (Å²) in [6.07, 6.45) is -3.70. The number of hydrogen-bond donors (Lipinski definition) is 5.